The molecule has 0 saturated carbocycles. The van der Waals surface area contributed by atoms with Gasteiger partial charge in [0.25, 0.3) is 0 Å². The predicted octanol–water partition coefficient (Wildman–Crippen LogP) is 1.62. The summed E-state index contributed by atoms with van der Waals surface area (Å²) in [5, 5.41) is 0.422. The second-order valence-electron chi connectivity index (χ2n) is 5.70. The van der Waals surface area contributed by atoms with E-state index in [1.54, 1.807) is 17.6 Å². The number of nitrogens with zero attached hydrogens (tertiary/aromatic N) is 2. The lowest BCUT2D eigenvalue weighted by atomic mass is 10.2. The van der Waals surface area contributed by atoms with Gasteiger partial charge in [0.1, 0.15) is 11.3 Å². The Labute approximate surface area is 139 Å². The van der Waals surface area contributed by atoms with Gasteiger partial charge in [-0.2, -0.15) is 0 Å². The number of fused-ring (bicyclic) bond motifs is 1. The first-order chi connectivity index (χ1) is 11.6. The van der Waals surface area contributed by atoms with Crippen molar-refractivity contribution in [1.29, 1.82) is 0 Å². The lowest BCUT2D eigenvalue weighted by molar-refractivity contribution is 0.0315. The molecule has 1 fully saturated rings. The molecule has 0 atom stereocenters. The lowest BCUT2D eigenvalue weighted by Gasteiger charge is -2.25. The molecule has 0 amide bonds. The molecule has 0 bridgehead atoms. The molecular weight excluding hydrogens is 312 g/mol. The fourth-order valence-corrected chi connectivity index (χ4v) is 2.87. The van der Waals surface area contributed by atoms with E-state index in [0.717, 1.165) is 13.1 Å². The third-order valence-electron chi connectivity index (χ3n) is 4.12. The first-order valence-electron chi connectivity index (χ1n) is 8.27. The van der Waals surface area contributed by atoms with Crippen molar-refractivity contribution >= 4 is 17.1 Å². The summed E-state index contributed by atoms with van der Waals surface area (Å²) in [4.78, 5) is 26.8. The van der Waals surface area contributed by atoms with Gasteiger partial charge in [0.05, 0.1) is 31.8 Å². The Morgan fingerprint density at radius 3 is 2.71 bits per heavy atom. The Balaban J connectivity index is 1.99. The summed E-state index contributed by atoms with van der Waals surface area (Å²) in [5.41, 5.74) is 0.203. The van der Waals surface area contributed by atoms with Crippen molar-refractivity contribution in [2.45, 2.75) is 26.9 Å². The molecule has 0 N–H and O–H groups in total. The lowest BCUT2D eigenvalue weighted by Crippen LogP contribution is -2.35. The zero-order valence-electron chi connectivity index (χ0n) is 14.0. The Morgan fingerprint density at radius 1 is 1.29 bits per heavy atom. The predicted molar refractivity (Wildman–Crippen MR) is 88.2 cm³/mol. The van der Waals surface area contributed by atoms with Crippen molar-refractivity contribution in [3.63, 3.8) is 0 Å². The van der Waals surface area contributed by atoms with Crippen LogP contribution in [0.15, 0.2) is 21.5 Å². The SMILES string of the molecule is CCOC(=O)c1cn(CC)c2oc(CN3CCOCC3)cc2c1=O. The van der Waals surface area contributed by atoms with E-state index < -0.39 is 5.97 Å². The molecule has 2 aromatic heterocycles. The quantitative estimate of drug-likeness (QED) is 0.774. The van der Waals surface area contributed by atoms with Crippen LogP contribution in [-0.2, 0) is 22.6 Å². The van der Waals surface area contributed by atoms with Crippen LogP contribution >= 0.6 is 0 Å². The zero-order chi connectivity index (χ0) is 17.1. The number of hydrogen-bond acceptors (Lipinski definition) is 6. The van der Waals surface area contributed by atoms with E-state index in [4.69, 9.17) is 13.9 Å². The Morgan fingerprint density at radius 2 is 2.04 bits per heavy atom. The van der Waals surface area contributed by atoms with Crippen molar-refractivity contribution in [1.82, 2.24) is 9.47 Å². The van der Waals surface area contributed by atoms with E-state index in [1.807, 2.05) is 6.92 Å². The van der Waals surface area contributed by atoms with Crippen molar-refractivity contribution in [3.05, 3.63) is 33.8 Å². The van der Waals surface area contributed by atoms with Gasteiger partial charge in [-0.1, -0.05) is 0 Å². The number of hydrogen-bond donors (Lipinski definition) is 0. The molecule has 1 aliphatic heterocycles. The van der Waals surface area contributed by atoms with Crippen molar-refractivity contribution in [2.75, 3.05) is 32.9 Å². The summed E-state index contributed by atoms with van der Waals surface area (Å²) in [6, 6.07) is 1.74. The topological polar surface area (TPSA) is 73.9 Å². The highest BCUT2D eigenvalue weighted by molar-refractivity contribution is 5.92. The van der Waals surface area contributed by atoms with Gasteiger partial charge in [0, 0.05) is 25.8 Å². The number of rotatable bonds is 5. The molecule has 1 aliphatic rings. The average molecular weight is 334 g/mol. The number of carbonyl (C=O) groups excluding carboxylic acids is 1. The van der Waals surface area contributed by atoms with Crippen molar-refractivity contribution in [2.24, 2.45) is 0 Å². The molecule has 0 aliphatic carbocycles. The standard InChI is InChI=1S/C17H22N2O5/c1-3-19-11-14(17(21)23-4-2)15(20)13-9-12(24-16(13)19)10-18-5-7-22-8-6-18/h9,11H,3-8,10H2,1-2H3. The van der Waals surface area contributed by atoms with Crippen molar-refractivity contribution in [3.8, 4) is 0 Å². The summed E-state index contributed by atoms with van der Waals surface area (Å²) in [6.07, 6.45) is 1.52. The Kier molecular flexibility index (Phi) is 5.01. The van der Waals surface area contributed by atoms with Crippen LogP contribution in [0.3, 0.4) is 0 Å². The van der Waals surface area contributed by atoms with Gasteiger partial charge in [0.15, 0.2) is 0 Å². The minimum atomic E-state index is -0.595. The van der Waals surface area contributed by atoms with E-state index in [2.05, 4.69) is 4.90 Å². The largest absolute Gasteiger partial charge is 0.462 e. The molecule has 24 heavy (non-hydrogen) atoms. The van der Waals surface area contributed by atoms with Crippen LogP contribution in [0.4, 0.5) is 0 Å². The van der Waals surface area contributed by atoms with Gasteiger partial charge in [0.2, 0.25) is 11.1 Å². The van der Waals surface area contributed by atoms with Crippen molar-refractivity contribution < 1.29 is 18.7 Å². The average Bonchev–Trinajstić information content (AvgIpc) is 3.00. The van der Waals surface area contributed by atoms with Crippen LogP contribution in [0.25, 0.3) is 11.1 Å². The third-order valence-corrected chi connectivity index (χ3v) is 4.12. The molecule has 0 unspecified atom stereocenters. The number of aromatic nitrogens is 1. The molecule has 0 spiro atoms. The van der Waals surface area contributed by atoms with E-state index in [9.17, 15) is 9.59 Å². The first kappa shape index (κ1) is 16.7. The molecule has 3 heterocycles. The maximum absolute atomic E-state index is 12.6. The molecule has 1 saturated heterocycles. The number of esters is 1. The number of carbonyl (C=O) groups is 1. The summed E-state index contributed by atoms with van der Waals surface area (Å²) in [7, 11) is 0. The van der Waals surface area contributed by atoms with Crippen LogP contribution in [0.5, 0.6) is 0 Å². The summed E-state index contributed by atoms with van der Waals surface area (Å²) < 4.78 is 18.0. The maximum Gasteiger partial charge on any atom is 0.343 e. The van der Waals surface area contributed by atoms with E-state index >= 15 is 0 Å². The summed E-state index contributed by atoms with van der Waals surface area (Å²) in [6.45, 7) is 8.17. The van der Waals surface area contributed by atoms with Gasteiger partial charge in [-0.15, -0.1) is 0 Å². The van der Waals surface area contributed by atoms with Crippen LogP contribution in [0.2, 0.25) is 0 Å². The molecule has 0 aromatic carbocycles. The Hall–Kier alpha value is -2.12. The highest BCUT2D eigenvalue weighted by Crippen LogP contribution is 2.19. The van der Waals surface area contributed by atoms with Gasteiger partial charge >= 0.3 is 5.97 Å². The molecule has 130 valence electrons. The van der Waals surface area contributed by atoms with Gasteiger partial charge in [-0.25, -0.2) is 4.79 Å². The zero-order valence-corrected chi connectivity index (χ0v) is 14.0. The number of furan rings is 1. The van der Waals surface area contributed by atoms with E-state index in [1.165, 1.54) is 6.20 Å². The Bertz CT molecular complexity index is 786. The monoisotopic (exact) mass is 334 g/mol. The second kappa shape index (κ2) is 7.19. The summed E-state index contributed by atoms with van der Waals surface area (Å²) in [5.74, 6) is 0.120. The van der Waals surface area contributed by atoms with Gasteiger partial charge < -0.3 is 18.5 Å². The van der Waals surface area contributed by atoms with Crippen LogP contribution in [0.1, 0.15) is 30.0 Å². The normalized spacial score (nSPS) is 15.8. The molecule has 2 aromatic rings. The number of ether oxygens (including phenoxy) is 2. The smallest absolute Gasteiger partial charge is 0.343 e. The molecule has 7 nitrogen and oxygen atoms in total. The maximum atomic E-state index is 12.6. The van der Waals surface area contributed by atoms with E-state index in [-0.39, 0.29) is 17.6 Å². The molecule has 7 heteroatoms. The number of morpholine rings is 1. The van der Waals surface area contributed by atoms with Gasteiger partial charge in [-0.3, -0.25) is 9.69 Å². The third kappa shape index (κ3) is 3.22. The number of aryl methyl sites for hydroxylation is 1. The fraction of sp³-hybridized carbons (Fsp3) is 0.529. The number of pyridine rings is 1. The highest BCUT2D eigenvalue weighted by Gasteiger charge is 2.20. The van der Waals surface area contributed by atoms with E-state index in [0.29, 0.717) is 43.2 Å². The second-order valence-corrected chi connectivity index (χ2v) is 5.70. The molecular formula is C17H22N2O5. The van der Waals surface area contributed by atoms with Gasteiger partial charge in [-0.05, 0) is 19.9 Å². The first-order valence-corrected chi connectivity index (χ1v) is 8.27. The van der Waals surface area contributed by atoms with Crippen LogP contribution in [0, 0.1) is 0 Å². The molecule has 3 rings (SSSR count). The van der Waals surface area contributed by atoms with Crippen LogP contribution < -0.4 is 5.43 Å². The van der Waals surface area contributed by atoms with Crippen LogP contribution in [-0.4, -0.2) is 48.3 Å². The minimum Gasteiger partial charge on any atom is -0.462 e. The highest BCUT2D eigenvalue weighted by atomic mass is 16.5. The minimum absolute atomic E-state index is 0.0462. The molecule has 0 radical (unpaired) electrons. The summed E-state index contributed by atoms with van der Waals surface area (Å²) >= 11 is 0. The fourth-order valence-electron chi connectivity index (χ4n) is 2.87.